The van der Waals surface area contributed by atoms with Gasteiger partial charge in [-0.1, -0.05) is 53.2 Å². The molecule has 0 aromatic rings. The second-order valence-corrected chi connectivity index (χ2v) is 28.3. The zero-order chi connectivity index (χ0) is 62.9. The van der Waals surface area contributed by atoms with Crippen molar-refractivity contribution < 1.29 is 134 Å². The third-order valence-corrected chi connectivity index (χ3v) is 23.5. The average Bonchev–Trinajstić information content (AvgIpc) is 0.691. The van der Waals surface area contributed by atoms with Crippen LogP contribution in [0.2, 0.25) is 0 Å². The summed E-state index contributed by atoms with van der Waals surface area (Å²) in [5.41, 5.74) is -3.51. The van der Waals surface area contributed by atoms with E-state index in [1.807, 2.05) is 6.92 Å². The van der Waals surface area contributed by atoms with Gasteiger partial charge in [-0.05, 0) is 111 Å². The predicted octanol–water partition coefficient (Wildman–Crippen LogP) is -3.57. The maximum absolute atomic E-state index is 15.2. The monoisotopic (exact) mass is 1240 g/mol. The van der Waals surface area contributed by atoms with Crippen LogP contribution in [0.3, 0.4) is 0 Å². The van der Waals surface area contributed by atoms with Crippen molar-refractivity contribution in [1.82, 2.24) is 0 Å². The van der Waals surface area contributed by atoms with Crippen LogP contribution in [0.1, 0.15) is 113 Å². The maximum atomic E-state index is 15.2. The molecule has 0 spiro atoms. The predicted molar refractivity (Wildman–Crippen MR) is 289 cm³/mol. The summed E-state index contributed by atoms with van der Waals surface area (Å²) in [7, 11) is 0. The first-order chi connectivity index (χ1) is 40.2. The smallest absolute Gasteiger partial charge is 0.315 e. The number of carbonyl (C=O) groups is 1. The van der Waals surface area contributed by atoms with E-state index in [9.17, 15) is 81.7 Å². The Balaban J connectivity index is 0.851. The van der Waals surface area contributed by atoms with Crippen LogP contribution in [0.4, 0.5) is 0 Å². The van der Waals surface area contributed by atoms with Crippen LogP contribution in [-0.2, 0) is 52.2 Å². The molecule has 34 atom stereocenters. The Morgan fingerprint density at radius 2 is 1.13 bits per heavy atom. The molecule has 0 aromatic carbocycles. The van der Waals surface area contributed by atoms with E-state index >= 15 is 4.79 Å². The van der Waals surface area contributed by atoms with E-state index in [0.717, 1.165) is 18.4 Å². The molecule has 5 aliphatic heterocycles. The molecule has 0 unspecified atom stereocenters. The van der Waals surface area contributed by atoms with Crippen LogP contribution in [0.25, 0.3) is 0 Å². The van der Waals surface area contributed by atoms with Crippen LogP contribution in [0.15, 0.2) is 11.6 Å². The first-order valence-electron chi connectivity index (χ1n) is 30.8. The average molecular weight is 1240 g/mol. The highest BCUT2D eigenvalue weighted by atomic mass is 16.8. The molecule has 10 aliphatic rings. The van der Waals surface area contributed by atoms with E-state index in [4.69, 9.17) is 47.4 Å². The van der Waals surface area contributed by atoms with Crippen molar-refractivity contribution in [2.45, 2.75) is 272 Å². The summed E-state index contributed by atoms with van der Waals surface area (Å²) in [6.07, 6.45) is -32.2. The molecule has 0 amide bonds. The number of aliphatic hydroxyl groups excluding tert-OH is 15. The summed E-state index contributed by atoms with van der Waals surface area (Å²) in [5.74, 6) is -1.58. The minimum Gasteiger partial charge on any atom is -0.432 e. The molecule has 10 rings (SSSR count). The largest absolute Gasteiger partial charge is 0.432 e. The lowest BCUT2D eigenvalue weighted by Gasteiger charge is -2.72. The molecule has 86 heavy (non-hydrogen) atoms. The molecule has 4 saturated carbocycles. The zero-order valence-corrected chi connectivity index (χ0v) is 50.2. The Kier molecular flexibility index (Phi) is 19.2. The molecule has 5 heterocycles. The second kappa shape index (κ2) is 24.6. The number of rotatable bonds is 13. The highest BCUT2D eigenvalue weighted by molar-refractivity contribution is 5.79. The standard InChI is InChI=1S/C59H96O27/c1-23-11-16-59(53(75)86-50-43(73)40(70)37(67)29(82-50)22-78-48-41(71)38(68)35(65)27(19-60)80-48)18-17-56(6)25(47(59)58(23,8)76)9-10-31-55(5)14-13-32(54(3,4)30(55)12-15-57(31,56)7)83-52-46(34(64)26(62)21-77-52)85-51-44(74)45(33(63)24(2)79-51)84-49-42(72)39(69)36(66)28(20-61)81-49/h9,23-24,26-52,60-74,76H,10-22H2,1-8H3/t23-,24+,26+,27-,28-,29-,30+,31-,32+,33+,34+,35-,36-,37-,38+,39+,40+,41-,42-,43-,44-,45-,46-,47-,48-,49+,50+,51+,52+,55+,56-,57-,58-,59+/m1/s1. The summed E-state index contributed by atoms with van der Waals surface area (Å²) < 4.78 is 59.6. The van der Waals surface area contributed by atoms with E-state index in [-0.39, 0.29) is 35.2 Å². The lowest BCUT2D eigenvalue weighted by atomic mass is 9.33. The third kappa shape index (κ3) is 10.9. The summed E-state index contributed by atoms with van der Waals surface area (Å²) in [6, 6.07) is 0. The van der Waals surface area contributed by atoms with Gasteiger partial charge in [0.1, 0.15) is 110 Å². The van der Waals surface area contributed by atoms with E-state index in [1.165, 1.54) is 6.92 Å². The van der Waals surface area contributed by atoms with Gasteiger partial charge in [-0.15, -0.1) is 0 Å². The quantitative estimate of drug-likeness (QED) is 0.0482. The van der Waals surface area contributed by atoms with E-state index in [0.29, 0.717) is 44.9 Å². The molecule has 5 aliphatic carbocycles. The molecule has 0 bridgehead atoms. The van der Waals surface area contributed by atoms with Crippen molar-refractivity contribution in [2.24, 2.45) is 50.7 Å². The summed E-state index contributed by atoms with van der Waals surface area (Å²) in [4.78, 5) is 15.2. The Labute approximate surface area is 499 Å². The fourth-order valence-electron chi connectivity index (χ4n) is 17.8. The molecule has 5 saturated heterocycles. The first kappa shape index (κ1) is 67.1. The zero-order valence-electron chi connectivity index (χ0n) is 50.2. The van der Waals surface area contributed by atoms with Gasteiger partial charge in [0.25, 0.3) is 0 Å². The van der Waals surface area contributed by atoms with Gasteiger partial charge in [-0.25, -0.2) is 0 Å². The van der Waals surface area contributed by atoms with Gasteiger partial charge in [-0.2, -0.15) is 0 Å². The van der Waals surface area contributed by atoms with E-state index < -0.39 is 207 Å². The summed E-state index contributed by atoms with van der Waals surface area (Å²) in [6.45, 7) is 14.0. The molecule has 16 N–H and O–H groups in total. The molecule has 27 nitrogen and oxygen atoms in total. The van der Waals surface area contributed by atoms with Crippen LogP contribution in [-0.4, -0.2) is 273 Å². The van der Waals surface area contributed by atoms with Crippen LogP contribution >= 0.6 is 0 Å². The Hall–Kier alpha value is -1.79. The number of hydrogen-bond acceptors (Lipinski definition) is 27. The van der Waals surface area contributed by atoms with Crippen molar-refractivity contribution in [3.63, 3.8) is 0 Å². The Bertz CT molecular complexity index is 2400. The highest BCUT2D eigenvalue weighted by Gasteiger charge is 2.72. The lowest BCUT2D eigenvalue weighted by molar-refractivity contribution is -0.382. The first-order valence-corrected chi connectivity index (χ1v) is 30.8. The van der Waals surface area contributed by atoms with E-state index in [2.05, 4.69) is 40.7 Å². The second-order valence-electron chi connectivity index (χ2n) is 28.3. The van der Waals surface area contributed by atoms with Crippen molar-refractivity contribution in [3.8, 4) is 0 Å². The number of aliphatic hydroxyl groups is 16. The lowest BCUT2D eigenvalue weighted by Crippen LogP contribution is -2.68. The molecule has 27 heteroatoms. The highest BCUT2D eigenvalue weighted by Crippen LogP contribution is 2.76. The summed E-state index contributed by atoms with van der Waals surface area (Å²) in [5, 5.41) is 174. The minimum atomic E-state index is -1.92. The van der Waals surface area contributed by atoms with Gasteiger partial charge >= 0.3 is 5.97 Å². The topological polar surface area (TPSA) is 433 Å². The van der Waals surface area contributed by atoms with Gasteiger partial charge in [-0.3, -0.25) is 4.79 Å². The fourth-order valence-corrected chi connectivity index (χ4v) is 17.8. The number of esters is 1. The van der Waals surface area contributed by atoms with Crippen molar-refractivity contribution >= 4 is 5.97 Å². The Morgan fingerprint density at radius 3 is 1.77 bits per heavy atom. The number of fused-ring (bicyclic) bond motifs is 7. The van der Waals surface area contributed by atoms with Gasteiger partial charge in [0.15, 0.2) is 25.2 Å². The van der Waals surface area contributed by atoms with Crippen molar-refractivity contribution in [2.75, 3.05) is 26.4 Å². The number of ether oxygens (including phenoxy) is 10. The third-order valence-electron chi connectivity index (χ3n) is 23.5. The fraction of sp³-hybridized carbons (Fsp3) is 0.949. The van der Waals surface area contributed by atoms with Gasteiger partial charge in [0.2, 0.25) is 6.29 Å². The molecule has 494 valence electrons. The van der Waals surface area contributed by atoms with E-state index in [1.54, 1.807) is 6.92 Å². The van der Waals surface area contributed by atoms with Gasteiger partial charge in [0.05, 0.1) is 49.7 Å². The molecular weight excluding hydrogens is 1140 g/mol. The van der Waals surface area contributed by atoms with Crippen molar-refractivity contribution in [3.05, 3.63) is 11.6 Å². The normalized spacial score (nSPS) is 55.6. The number of hydrogen-bond donors (Lipinski definition) is 16. The van der Waals surface area contributed by atoms with Gasteiger partial charge in [0, 0.05) is 5.92 Å². The number of allylic oxidation sites excluding steroid dienone is 1. The number of carbonyl (C=O) groups excluding carboxylic acids is 1. The minimum absolute atomic E-state index is 0.0627. The molecule has 9 fully saturated rings. The van der Waals surface area contributed by atoms with Crippen molar-refractivity contribution in [1.29, 1.82) is 0 Å². The Morgan fingerprint density at radius 1 is 0.558 bits per heavy atom. The molecule has 0 radical (unpaired) electrons. The van der Waals surface area contributed by atoms with Gasteiger partial charge < -0.3 is 129 Å². The summed E-state index contributed by atoms with van der Waals surface area (Å²) >= 11 is 0. The molecule has 0 aromatic heterocycles. The van der Waals surface area contributed by atoms with Crippen LogP contribution in [0.5, 0.6) is 0 Å². The van der Waals surface area contributed by atoms with Crippen LogP contribution in [0, 0.1) is 50.7 Å². The molecular formula is C59H96O27. The maximum Gasteiger partial charge on any atom is 0.315 e. The SMILES string of the molecule is C[C@@H]1O[C@@H](O[C@H]2[C@H](O[C@H]3CC[C@]4(C)[C@H]5CC=C6[C@H]7[C@](C(=O)O[C@@H]8O[C@H](CO[C@@H]9O[C@H](CO)[C@@H](O)[C@H](O)[C@H]9O)[C@@H](O)[C@H](O)[C@H]8O)(CC[C@@H](C)[C@@]7(C)O)CC[C@@]6(C)[C@]5(C)CC[C@H]4C3(C)C)OC[C@H](O)[C@@H]2O)[C@H](O)[C@H](O[C@@H]2O[C@H](CO)[C@@H](O)[C@H](O)[C@H]2O)[C@H]1O. The van der Waals surface area contributed by atoms with Crippen LogP contribution < -0.4 is 0 Å².